The Bertz CT molecular complexity index is 673. The van der Waals surface area contributed by atoms with Crippen LogP contribution in [0.2, 0.25) is 0 Å². The highest BCUT2D eigenvalue weighted by Crippen LogP contribution is 2.34. The number of hydrogen-bond acceptors (Lipinski definition) is 4. The second-order valence-corrected chi connectivity index (χ2v) is 5.27. The first-order valence-corrected chi connectivity index (χ1v) is 7.33. The van der Waals surface area contributed by atoms with Gasteiger partial charge in [0.05, 0.1) is 0 Å². The smallest absolute Gasteiger partial charge is 0.231 e. The highest BCUT2D eigenvalue weighted by atomic mass is 32.2. The average Bonchev–Trinajstić information content (AvgIpc) is 3.00. The van der Waals surface area contributed by atoms with Crippen LogP contribution in [-0.2, 0) is 4.74 Å². The second kappa shape index (κ2) is 6.57. The molecule has 21 heavy (non-hydrogen) atoms. The van der Waals surface area contributed by atoms with Crippen LogP contribution in [0.25, 0.3) is 0 Å². The predicted octanol–water partition coefficient (Wildman–Crippen LogP) is 3.86. The van der Waals surface area contributed by atoms with Gasteiger partial charge in [0, 0.05) is 12.0 Å². The van der Waals surface area contributed by atoms with Crippen LogP contribution in [0, 0.1) is 11.2 Å². The fourth-order valence-electron chi connectivity index (χ4n) is 1.98. The summed E-state index contributed by atoms with van der Waals surface area (Å²) in [5.74, 6) is 4.63. The molecule has 2 aromatic rings. The number of methoxy groups -OCH3 is 1. The lowest BCUT2D eigenvalue weighted by Gasteiger charge is -2.09. The second-order valence-electron chi connectivity index (χ2n) is 4.39. The van der Waals surface area contributed by atoms with Gasteiger partial charge in [0.1, 0.15) is 6.10 Å². The molecule has 4 heteroatoms. The molecule has 0 saturated carbocycles. The predicted molar refractivity (Wildman–Crippen MR) is 82.4 cm³/mol. The molecule has 0 saturated heterocycles. The Hall–Kier alpha value is -2.09. The molecule has 0 aromatic heterocycles. The molecular formula is C17H14O3S. The highest BCUT2D eigenvalue weighted by Gasteiger charge is 2.16. The van der Waals surface area contributed by atoms with Crippen LogP contribution in [0.3, 0.4) is 0 Å². The van der Waals surface area contributed by atoms with E-state index < -0.39 is 0 Å². The van der Waals surface area contributed by atoms with Crippen molar-refractivity contribution in [3.05, 3.63) is 54.1 Å². The zero-order chi connectivity index (χ0) is 14.5. The first-order valence-electron chi connectivity index (χ1n) is 6.51. The Labute approximate surface area is 128 Å². The summed E-state index contributed by atoms with van der Waals surface area (Å²) >= 11 is 1.49. The maximum Gasteiger partial charge on any atom is 0.231 e. The van der Waals surface area contributed by atoms with E-state index >= 15 is 0 Å². The molecule has 0 fully saturated rings. The summed E-state index contributed by atoms with van der Waals surface area (Å²) in [5, 5.41) is 3.09. The fraction of sp³-hybridized carbons (Fsp3) is 0.176. The highest BCUT2D eigenvalue weighted by molar-refractivity contribution is 8.03. The van der Waals surface area contributed by atoms with E-state index in [1.807, 2.05) is 48.5 Å². The van der Waals surface area contributed by atoms with Gasteiger partial charge in [-0.05, 0) is 46.8 Å². The molecule has 2 aromatic carbocycles. The maximum atomic E-state index is 5.45. The molecule has 0 radical (unpaired) electrons. The van der Waals surface area contributed by atoms with Crippen LogP contribution in [0.5, 0.6) is 11.5 Å². The monoisotopic (exact) mass is 298 g/mol. The van der Waals surface area contributed by atoms with Crippen molar-refractivity contribution in [2.45, 2.75) is 11.0 Å². The number of benzene rings is 2. The molecule has 1 unspecified atom stereocenters. The zero-order valence-corrected chi connectivity index (χ0v) is 12.4. The fourth-order valence-corrected chi connectivity index (χ4v) is 2.56. The average molecular weight is 298 g/mol. The van der Waals surface area contributed by atoms with Crippen molar-refractivity contribution in [2.75, 3.05) is 13.9 Å². The molecule has 1 atom stereocenters. The maximum absolute atomic E-state index is 5.45. The number of fused-ring (bicyclic) bond motifs is 1. The molecule has 3 nitrogen and oxygen atoms in total. The van der Waals surface area contributed by atoms with Crippen LogP contribution >= 0.6 is 11.8 Å². The molecule has 1 heterocycles. The van der Waals surface area contributed by atoms with Crippen molar-refractivity contribution >= 4 is 11.8 Å². The lowest BCUT2D eigenvalue weighted by atomic mass is 10.1. The first-order chi connectivity index (χ1) is 10.4. The minimum Gasteiger partial charge on any atom is -0.454 e. The van der Waals surface area contributed by atoms with Gasteiger partial charge in [-0.15, -0.1) is 0 Å². The molecule has 3 rings (SSSR count). The van der Waals surface area contributed by atoms with E-state index in [2.05, 4.69) is 11.2 Å². The van der Waals surface area contributed by atoms with Crippen molar-refractivity contribution in [3.8, 4) is 22.7 Å². The van der Waals surface area contributed by atoms with E-state index in [4.69, 9.17) is 14.2 Å². The minimum atomic E-state index is -0.282. The lowest BCUT2D eigenvalue weighted by molar-refractivity contribution is 0.150. The van der Waals surface area contributed by atoms with Crippen molar-refractivity contribution in [1.29, 1.82) is 0 Å². The Kier molecular flexibility index (Phi) is 4.34. The number of rotatable bonds is 3. The van der Waals surface area contributed by atoms with Crippen molar-refractivity contribution in [1.82, 2.24) is 0 Å². The summed E-state index contributed by atoms with van der Waals surface area (Å²) in [6.07, 6.45) is -0.282. The zero-order valence-electron chi connectivity index (χ0n) is 11.5. The third-order valence-electron chi connectivity index (χ3n) is 3.04. The SMILES string of the molecule is COC(C#CSc1ccccc1)c1ccc2c(c1)OCO2. The van der Waals surface area contributed by atoms with Gasteiger partial charge in [0.15, 0.2) is 11.5 Å². The topological polar surface area (TPSA) is 27.7 Å². The van der Waals surface area contributed by atoms with Gasteiger partial charge in [-0.3, -0.25) is 0 Å². The van der Waals surface area contributed by atoms with Crippen LogP contribution in [-0.4, -0.2) is 13.9 Å². The van der Waals surface area contributed by atoms with Gasteiger partial charge >= 0.3 is 0 Å². The van der Waals surface area contributed by atoms with E-state index in [9.17, 15) is 0 Å². The van der Waals surface area contributed by atoms with Crippen molar-refractivity contribution < 1.29 is 14.2 Å². The van der Waals surface area contributed by atoms with E-state index in [-0.39, 0.29) is 12.9 Å². The summed E-state index contributed by atoms with van der Waals surface area (Å²) in [6, 6.07) is 15.8. The van der Waals surface area contributed by atoms with Gasteiger partial charge in [-0.1, -0.05) is 30.2 Å². The third kappa shape index (κ3) is 3.33. The number of thioether (sulfide) groups is 1. The third-order valence-corrected chi connectivity index (χ3v) is 3.76. The number of ether oxygens (including phenoxy) is 3. The summed E-state index contributed by atoms with van der Waals surface area (Å²) in [7, 11) is 1.65. The summed E-state index contributed by atoms with van der Waals surface area (Å²) < 4.78 is 16.1. The molecule has 0 amide bonds. The van der Waals surface area contributed by atoms with Crippen LogP contribution in [0.1, 0.15) is 11.7 Å². The first kappa shape index (κ1) is 13.9. The molecule has 1 aliphatic rings. The van der Waals surface area contributed by atoms with E-state index in [1.165, 1.54) is 11.8 Å². The van der Waals surface area contributed by atoms with Crippen LogP contribution < -0.4 is 9.47 Å². The Morgan fingerprint density at radius 1 is 1.10 bits per heavy atom. The van der Waals surface area contributed by atoms with E-state index in [0.717, 1.165) is 22.0 Å². The van der Waals surface area contributed by atoms with Gasteiger partial charge in [-0.25, -0.2) is 0 Å². The van der Waals surface area contributed by atoms with Crippen LogP contribution in [0.4, 0.5) is 0 Å². The van der Waals surface area contributed by atoms with Crippen molar-refractivity contribution in [3.63, 3.8) is 0 Å². The molecule has 1 aliphatic heterocycles. The van der Waals surface area contributed by atoms with E-state index in [1.54, 1.807) is 7.11 Å². The molecule has 106 valence electrons. The Morgan fingerprint density at radius 3 is 2.71 bits per heavy atom. The standard InChI is InChI=1S/C17H14O3S/c1-18-15(9-10-21-14-5-3-2-4-6-14)13-7-8-16-17(11-13)20-12-19-16/h2-8,11,15H,12H2,1H3. The minimum absolute atomic E-state index is 0.270. The molecular weight excluding hydrogens is 284 g/mol. The molecule has 0 N–H and O–H groups in total. The van der Waals surface area contributed by atoms with Gasteiger partial charge < -0.3 is 14.2 Å². The summed E-state index contributed by atoms with van der Waals surface area (Å²) in [5.41, 5.74) is 0.961. The summed E-state index contributed by atoms with van der Waals surface area (Å²) in [4.78, 5) is 1.12. The van der Waals surface area contributed by atoms with Crippen molar-refractivity contribution in [2.24, 2.45) is 0 Å². The largest absolute Gasteiger partial charge is 0.454 e. The molecule has 0 spiro atoms. The lowest BCUT2D eigenvalue weighted by Crippen LogP contribution is -1.98. The normalized spacial score (nSPS) is 13.4. The van der Waals surface area contributed by atoms with Gasteiger partial charge in [0.25, 0.3) is 0 Å². The Morgan fingerprint density at radius 2 is 1.90 bits per heavy atom. The molecule has 0 bridgehead atoms. The number of hydrogen-bond donors (Lipinski definition) is 0. The Balaban J connectivity index is 1.74. The van der Waals surface area contributed by atoms with E-state index in [0.29, 0.717) is 0 Å². The van der Waals surface area contributed by atoms with Gasteiger partial charge in [-0.2, -0.15) is 0 Å². The van der Waals surface area contributed by atoms with Crippen LogP contribution in [0.15, 0.2) is 53.4 Å². The molecule has 0 aliphatic carbocycles. The van der Waals surface area contributed by atoms with Gasteiger partial charge in [0.2, 0.25) is 6.79 Å². The summed E-state index contributed by atoms with van der Waals surface area (Å²) in [6.45, 7) is 0.270. The quantitative estimate of drug-likeness (QED) is 0.635.